The molecule has 23 heavy (non-hydrogen) atoms. The molecule has 1 heterocycles. The topological polar surface area (TPSA) is 89.0 Å². The Morgan fingerprint density at radius 2 is 2.13 bits per heavy atom. The fourth-order valence-corrected chi connectivity index (χ4v) is 2.83. The van der Waals surface area contributed by atoms with Crippen LogP contribution in [0, 0.1) is 0 Å². The van der Waals surface area contributed by atoms with Crippen molar-refractivity contribution in [2.24, 2.45) is 0 Å². The van der Waals surface area contributed by atoms with Gasteiger partial charge in [-0.2, -0.15) is 0 Å². The van der Waals surface area contributed by atoms with Gasteiger partial charge >= 0.3 is 5.69 Å². The van der Waals surface area contributed by atoms with Crippen molar-refractivity contribution in [1.82, 2.24) is 14.8 Å². The van der Waals surface area contributed by atoms with Crippen LogP contribution in [0.25, 0.3) is 0 Å². The van der Waals surface area contributed by atoms with E-state index in [0.29, 0.717) is 17.4 Å². The van der Waals surface area contributed by atoms with Gasteiger partial charge in [0.1, 0.15) is 5.75 Å². The van der Waals surface area contributed by atoms with Crippen LogP contribution in [0.2, 0.25) is 0 Å². The summed E-state index contributed by atoms with van der Waals surface area (Å²) in [6.07, 6.45) is 0.819. The van der Waals surface area contributed by atoms with Crippen LogP contribution in [0.4, 0.5) is 5.69 Å². The standard InChI is InChI=1S/C15H20N4O3S/c1-4-9-19-14(21)17-18-15(19)23-10(2)13(20)16-11-5-7-12(22-3)8-6-11/h5-8,10H,4,9H2,1-3H3,(H,16,20)(H,17,21)/t10-/m1/s1. The second kappa shape index (κ2) is 7.87. The van der Waals surface area contributed by atoms with Gasteiger partial charge in [0, 0.05) is 12.2 Å². The molecule has 2 rings (SSSR count). The molecule has 2 N–H and O–H groups in total. The maximum atomic E-state index is 12.3. The summed E-state index contributed by atoms with van der Waals surface area (Å²) >= 11 is 1.25. The number of nitrogens with zero attached hydrogens (tertiary/aromatic N) is 2. The number of hydrogen-bond acceptors (Lipinski definition) is 5. The second-order valence-electron chi connectivity index (χ2n) is 4.94. The molecule has 0 saturated carbocycles. The Morgan fingerprint density at radius 3 is 2.74 bits per heavy atom. The van der Waals surface area contributed by atoms with Crippen molar-refractivity contribution < 1.29 is 9.53 Å². The molecule has 0 fully saturated rings. The highest BCUT2D eigenvalue weighted by Gasteiger charge is 2.19. The maximum Gasteiger partial charge on any atom is 0.343 e. The van der Waals surface area contributed by atoms with Gasteiger partial charge in [-0.15, -0.1) is 5.10 Å². The molecule has 1 aromatic heterocycles. The van der Waals surface area contributed by atoms with Gasteiger partial charge in [0.15, 0.2) is 5.16 Å². The van der Waals surface area contributed by atoms with E-state index < -0.39 is 0 Å². The first-order chi connectivity index (χ1) is 11.0. The molecule has 0 unspecified atom stereocenters. The molecule has 0 spiro atoms. The van der Waals surface area contributed by atoms with E-state index >= 15 is 0 Å². The van der Waals surface area contributed by atoms with E-state index in [1.54, 1.807) is 42.9 Å². The van der Waals surface area contributed by atoms with E-state index in [2.05, 4.69) is 15.5 Å². The van der Waals surface area contributed by atoms with Gasteiger partial charge in [-0.05, 0) is 37.6 Å². The molecule has 0 saturated heterocycles. The molecule has 1 aromatic carbocycles. The Balaban J connectivity index is 2.00. The van der Waals surface area contributed by atoms with E-state index in [1.807, 2.05) is 6.92 Å². The largest absolute Gasteiger partial charge is 0.497 e. The Hall–Kier alpha value is -2.22. The third-order valence-corrected chi connectivity index (χ3v) is 4.27. The van der Waals surface area contributed by atoms with E-state index in [1.165, 1.54) is 11.8 Å². The second-order valence-corrected chi connectivity index (χ2v) is 6.25. The van der Waals surface area contributed by atoms with Crippen molar-refractivity contribution in [2.45, 2.75) is 37.2 Å². The number of carbonyl (C=O) groups excluding carboxylic acids is 1. The van der Waals surface area contributed by atoms with Gasteiger partial charge in [0.05, 0.1) is 12.4 Å². The van der Waals surface area contributed by atoms with Gasteiger partial charge in [0.2, 0.25) is 5.91 Å². The van der Waals surface area contributed by atoms with E-state index in [9.17, 15) is 9.59 Å². The Labute approximate surface area is 138 Å². The molecule has 0 aliphatic rings. The highest BCUT2D eigenvalue weighted by atomic mass is 32.2. The van der Waals surface area contributed by atoms with E-state index in [0.717, 1.165) is 12.2 Å². The SMILES string of the molecule is CCCn1c(S[C@H](C)C(=O)Nc2ccc(OC)cc2)n[nH]c1=O. The van der Waals surface area contributed by atoms with Crippen LogP contribution in [0.3, 0.4) is 0 Å². The van der Waals surface area contributed by atoms with Crippen molar-refractivity contribution in [2.75, 3.05) is 12.4 Å². The number of carbonyl (C=O) groups is 1. The monoisotopic (exact) mass is 336 g/mol. The third kappa shape index (κ3) is 4.38. The summed E-state index contributed by atoms with van der Waals surface area (Å²) in [7, 11) is 1.59. The lowest BCUT2D eigenvalue weighted by Gasteiger charge is -2.12. The highest BCUT2D eigenvalue weighted by Crippen LogP contribution is 2.22. The summed E-state index contributed by atoms with van der Waals surface area (Å²) in [6, 6.07) is 7.10. The molecule has 1 atom stereocenters. The molecule has 7 nitrogen and oxygen atoms in total. The van der Waals surface area contributed by atoms with Gasteiger partial charge in [-0.1, -0.05) is 18.7 Å². The highest BCUT2D eigenvalue weighted by molar-refractivity contribution is 8.00. The maximum absolute atomic E-state index is 12.3. The number of aromatic amines is 1. The number of methoxy groups -OCH3 is 1. The Morgan fingerprint density at radius 1 is 1.43 bits per heavy atom. The molecule has 0 radical (unpaired) electrons. The first-order valence-electron chi connectivity index (χ1n) is 7.32. The number of hydrogen-bond donors (Lipinski definition) is 2. The molecule has 0 aliphatic heterocycles. The summed E-state index contributed by atoms with van der Waals surface area (Å²) in [5, 5.41) is 9.37. The van der Waals surface area contributed by atoms with Crippen molar-refractivity contribution in [3.8, 4) is 5.75 Å². The normalized spacial score (nSPS) is 12.0. The summed E-state index contributed by atoms with van der Waals surface area (Å²) < 4.78 is 6.62. The number of thioether (sulfide) groups is 1. The fraction of sp³-hybridized carbons (Fsp3) is 0.400. The number of nitrogens with one attached hydrogen (secondary N) is 2. The van der Waals surface area contributed by atoms with Crippen molar-refractivity contribution in [3.63, 3.8) is 0 Å². The molecular formula is C15H20N4O3S. The zero-order chi connectivity index (χ0) is 16.8. The molecular weight excluding hydrogens is 316 g/mol. The number of ether oxygens (including phenoxy) is 1. The predicted octanol–water partition coefficient (Wildman–Crippen LogP) is 2.11. The van der Waals surface area contributed by atoms with Crippen molar-refractivity contribution in [1.29, 1.82) is 0 Å². The molecule has 0 aliphatic carbocycles. The number of aromatic nitrogens is 3. The summed E-state index contributed by atoms with van der Waals surface area (Å²) in [4.78, 5) is 23.9. The van der Waals surface area contributed by atoms with E-state index in [4.69, 9.17) is 4.74 Å². The molecule has 124 valence electrons. The van der Waals surface area contributed by atoms with Crippen LogP contribution in [-0.2, 0) is 11.3 Å². The van der Waals surface area contributed by atoms with Gasteiger partial charge in [-0.3, -0.25) is 9.36 Å². The summed E-state index contributed by atoms with van der Waals surface area (Å²) in [5.74, 6) is 0.573. The van der Waals surface area contributed by atoms with Crippen LogP contribution >= 0.6 is 11.8 Å². The average molecular weight is 336 g/mol. The zero-order valence-corrected chi connectivity index (χ0v) is 14.1. The van der Waals surface area contributed by atoms with Crippen molar-refractivity contribution in [3.05, 3.63) is 34.7 Å². The van der Waals surface area contributed by atoms with Gasteiger partial charge in [0.25, 0.3) is 0 Å². The van der Waals surface area contributed by atoms with Gasteiger partial charge < -0.3 is 10.1 Å². The summed E-state index contributed by atoms with van der Waals surface area (Å²) in [6.45, 7) is 4.33. The quantitative estimate of drug-likeness (QED) is 0.756. The predicted molar refractivity (Wildman–Crippen MR) is 90.1 cm³/mol. The van der Waals surface area contributed by atoms with E-state index in [-0.39, 0.29) is 16.8 Å². The Kier molecular flexibility index (Phi) is 5.86. The molecule has 1 amide bonds. The summed E-state index contributed by atoms with van der Waals surface area (Å²) in [5.41, 5.74) is 0.438. The fourth-order valence-electron chi connectivity index (χ4n) is 1.94. The third-order valence-electron chi connectivity index (χ3n) is 3.18. The molecule has 2 aromatic rings. The van der Waals surface area contributed by atoms with Crippen LogP contribution in [0.1, 0.15) is 20.3 Å². The number of H-pyrrole nitrogens is 1. The smallest absolute Gasteiger partial charge is 0.343 e. The Bertz CT molecular complexity index is 708. The average Bonchev–Trinajstić information content (AvgIpc) is 2.89. The molecule has 0 bridgehead atoms. The zero-order valence-electron chi connectivity index (χ0n) is 13.3. The first kappa shape index (κ1) is 17.1. The lowest BCUT2D eigenvalue weighted by Crippen LogP contribution is -2.24. The number of rotatable bonds is 7. The lowest BCUT2D eigenvalue weighted by atomic mass is 10.3. The molecule has 8 heteroatoms. The number of anilines is 1. The number of benzene rings is 1. The van der Waals surface area contributed by atoms with Crippen LogP contribution < -0.4 is 15.7 Å². The first-order valence-corrected chi connectivity index (χ1v) is 8.20. The minimum Gasteiger partial charge on any atom is -0.497 e. The van der Waals surface area contributed by atoms with Crippen LogP contribution in [0.5, 0.6) is 5.75 Å². The minimum atomic E-state index is -0.386. The van der Waals surface area contributed by atoms with Gasteiger partial charge in [-0.25, -0.2) is 9.89 Å². The lowest BCUT2D eigenvalue weighted by molar-refractivity contribution is -0.115. The van der Waals surface area contributed by atoms with Crippen LogP contribution in [0.15, 0.2) is 34.2 Å². The van der Waals surface area contributed by atoms with Crippen LogP contribution in [-0.4, -0.2) is 33.0 Å². The minimum absolute atomic E-state index is 0.154. The van der Waals surface area contributed by atoms with Crippen molar-refractivity contribution >= 4 is 23.4 Å². The number of amides is 1.